The van der Waals surface area contributed by atoms with Gasteiger partial charge >= 0.3 is 5.97 Å². The van der Waals surface area contributed by atoms with Crippen molar-refractivity contribution in [3.8, 4) is 0 Å². The van der Waals surface area contributed by atoms with E-state index in [2.05, 4.69) is 10.1 Å². The van der Waals surface area contributed by atoms with Crippen LogP contribution in [0.5, 0.6) is 0 Å². The lowest BCUT2D eigenvalue weighted by Crippen LogP contribution is -2.48. The third kappa shape index (κ3) is 4.84. The first-order valence-electron chi connectivity index (χ1n) is 9.06. The molecule has 1 saturated heterocycles. The van der Waals surface area contributed by atoms with Gasteiger partial charge in [-0.25, -0.2) is 13.2 Å². The Hall–Kier alpha value is -1.98. The van der Waals surface area contributed by atoms with Crippen LogP contribution in [0.4, 0.5) is 5.00 Å². The van der Waals surface area contributed by atoms with E-state index < -0.39 is 21.9 Å². The number of ether oxygens (including phenoxy) is 2. The summed E-state index contributed by atoms with van der Waals surface area (Å²) < 4.78 is 37.9. The highest BCUT2D eigenvalue weighted by molar-refractivity contribution is 7.89. The van der Waals surface area contributed by atoms with Gasteiger partial charge in [0.15, 0.2) is 0 Å². The zero-order chi connectivity index (χ0) is 22.1. The SMILES string of the molecule is COC(=O)c1ccc(NC(=O)c2ccc(Cl)c(S(=O)(=O)N3C[C@H](C)O[C@@H](C)C3)c2)s1. The first-order valence-corrected chi connectivity index (χ1v) is 11.7. The Bertz CT molecular complexity index is 1060. The van der Waals surface area contributed by atoms with Gasteiger partial charge in [-0.15, -0.1) is 11.3 Å². The number of benzene rings is 1. The summed E-state index contributed by atoms with van der Waals surface area (Å²) in [6, 6.07) is 7.18. The minimum atomic E-state index is -3.92. The molecule has 0 saturated carbocycles. The fraction of sp³-hybridized carbons (Fsp3) is 0.368. The van der Waals surface area contributed by atoms with Gasteiger partial charge in [0, 0.05) is 18.7 Å². The van der Waals surface area contributed by atoms with Crippen molar-refractivity contribution in [1.29, 1.82) is 0 Å². The summed E-state index contributed by atoms with van der Waals surface area (Å²) in [6.07, 6.45) is -0.506. The molecule has 2 atom stereocenters. The molecule has 1 aliphatic heterocycles. The zero-order valence-corrected chi connectivity index (χ0v) is 18.9. The third-order valence-electron chi connectivity index (χ3n) is 4.43. The van der Waals surface area contributed by atoms with Crippen LogP contribution in [-0.4, -0.2) is 57.0 Å². The number of halogens is 1. The summed E-state index contributed by atoms with van der Waals surface area (Å²) in [7, 11) is -2.65. The number of methoxy groups -OCH3 is 1. The molecule has 30 heavy (non-hydrogen) atoms. The molecule has 3 rings (SSSR count). The monoisotopic (exact) mass is 472 g/mol. The Morgan fingerprint density at radius 2 is 1.87 bits per heavy atom. The van der Waals surface area contributed by atoms with Crippen molar-refractivity contribution in [3.05, 3.63) is 45.8 Å². The van der Waals surface area contributed by atoms with Crippen molar-refractivity contribution in [2.75, 3.05) is 25.5 Å². The highest BCUT2D eigenvalue weighted by Crippen LogP contribution is 2.29. The molecule has 2 heterocycles. The summed E-state index contributed by atoms with van der Waals surface area (Å²) in [4.78, 5) is 24.4. The topological polar surface area (TPSA) is 102 Å². The molecule has 1 aliphatic rings. The Labute approximate surface area is 183 Å². The van der Waals surface area contributed by atoms with Crippen molar-refractivity contribution >= 4 is 49.8 Å². The second kappa shape index (κ2) is 9.03. The summed E-state index contributed by atoms with van der Waals surface area (Å²) in [5.74, 6) is -1.03. The van der Waals surface area contributed by atoms with Crippen molar-refractivity contribution in [3.63, 3.8) is 0 Å². The number of nitrogens with zero attached hydrogens (tertiary/aromatic N) is 1. The second-order valence-corrected chi connectivity index (χ2v) is 10.2. The number of sulfonamides is 1. The van der Waals surface area contributed by atoms with Gasteiger partial charge in [0.1, 0.15) is 9.77 Å². The molecular weight excluding hydrogens is 452 g/mol. The van der Waals surface area contributed by atoms with Crippen LogP contribution in [0.2, 0.25) is 5.02 Å². The van der Waals surface area contributed by atoms with E-state index in [1.165, 1.54) is 35.7 Å². The molecule has 0 bridgehead atoms. The van der Waals surface area contributed by atoms with Gasteiger partial charge in [0.05, 0.1) is 29.3 Å². The molecule has 1 aromatic heterocycles. The molecule has 8 nitrogen and oxygen atoms in total. The lowest BCUT2D eigenvalue weighted by Gasteiger charge is -2.34. The molecule has 0 unspecified atom stereocenters. The van der Waals surface area contributed by atoms with Crippen LogP contribution in [0.1, 0.15) is 33.9 Å². The van der Waals surface area contributed by atoms with Crippen LogP contribution in [0.15, 0.2) is 35.2 Å². The number of anilines is 1. The number of esters is 1. The number of hydrogen-bond donors (Lipinski definition) is 1. The maximum Gasteiger partial charge on any atom is 0.348 e. The predicted octanol–water partition coefficient (Wildman–Crippen LogP) is 3.24. The van der Waals surface area contributed by atoms with E-state index in [-0.39, 0.29) is 40.8 Å². The van der Waals surface area contributed by atoms with Gasteiger partial charge in [-0.05, 0) is 44.2 Å². The Morgan fingerprint density at radius 1 is 1.20 bits per heavy atom. The molecule has 0 aliphatic carbocycles. The van der Waals surface area contributed by atoms with E-state index >= 15 is 0 Å². The van der Waals surface area contributed by atoms with Crippen LogP contribution < -0.4 is 5.32 Å². The highest BCUT2D eigenvalue weighted by Gasteiger charge is 2.34. The summed E-state index contributed by atoms with van der Waals surface area (Å²) in [5, 5.41) is 3.11. The van der Waals surface area contributed by atoms with Gasteiger partial charge in [0.25, 0.3) is 5.91 Å². The van der Waals surface area contributed by atoms with Crippen LogP contribution in [0.3, 0.4) is 0 Å². The van der Waals surface area contributed by atoms with Crippen LogP contribution in [0, 0.1) is 0 Å². The minimum absolute atomic E-state index is 0.0300. The molecule has 1 fully saturated rings. The predicted molar refractivity (Wildman–Crippen MR) is 114 cm³/mol. The standard InChI is InChI=1S/C19H21ClN2O6S2/c1-11-9-22(10-12(2)28-11)30(25,26)16-8-13(4-5-14(16)20)18(23)21-17-7-6-15(29-17)19(24)27-3/h4-8,11-12H,9-10H2,1-3H3,(H,21,23)/t11-,12-/m0/s1. The number of morpholine rings is 1. The summed E-state index contributed by atoms with van der Waals surface area (Å²) >= 11 is 7.23. The molecular formula is C19H21ClN2O6S2. The average Bonchev–Trinajstić information content (AvgIpc) is 3.15. The van der Waals surface area contributed by atoms with Gasteiger partial charge in [0.2, 0.25) is 10.0 Å². The van der Waals surface area contributed by atoms with E-state index in [9.17, 15) is 18.0 Å². The third-order valence-corrected chi connectivity index (χ3v) is 7.72. The van der Waals surface area contributed by atoms with Crippen molar-refractivity contribution < 1.29 is 27.5 Å². The quantitative estimate of drug-likeness (QED) is 0.670. The summed E-state index contributed by atoms with van der Waals surface area (Å²) in [6.45, 7) is 4.00. The first kappa shape index (κ1) is 22.7. The van der Waals surface area contributed by atoms with Gasteiger partial charge in [-0.2, -0.15) is 4.31 Å². The number of carbonyl (C=O) groups excluding carboxylic acids is 2. The molecule has 1 amide bonds. The van der Waals surface area contributed by atoms with Crippen molar-refractivity contribution in [1.82, 2.24) is 4.31 Å². The molecule has 0 spiro atoms. The molecule has 0 radical (unpaired) electrons. The normalized spacial score (nSPS) is 20.0. The fourth-order valence-corrected chi connectivity index (χ4v) is 6.02. The van der Waals surface area contributed by atoms with Crippen molar-refractivity contribution in [2.24, 2.45) is 0 Å². The fourth-order valence-electron chi connectivity index (χ4n) is 3.11. The number of hydrogen-bond acceptors (Lipinski definition) is 7. The van der Waals surface area contributed by atoms with Crippen LogP contribution in [-0.2, 0) is 19.5 Å². The van der Waals surface area contributed by atoms with Crippen LogP contribution in [0.25, 0.3) is 0 Å². The first-order chi connectivity index (χ1) is 14.1. The Balaban J connectivity index is 1.84. The molecule has 1 aromatic carbocycles. The van der Waals surface area contributed by atoms with E-state index in [0.29, 0.717) is 9.88 Å². The van der Waals surface area contributed by atoms with Gasteiger partial charge in [-0.3, -0.25) is 4.79 Å². The second-order valence-electron chi connectivity index (χ2n) is 6.83. The van der Waals surface area contributed by atoms with Crippen molar-refractivity contribution in [2.45, 2.75) is 31.0 Å². The molecule has 2 aromatic rings. The minimum Gasteiger partial charge on any atom is -0.465 e. The lowest BCUT2D eigenvalue weighted by atomic mass is 10.2. The molecule has 162 valence electrons. The van der Waals surface area contributed by atoms with Gasteiger partial charge in [-0.1, -0.05) is 11.6 Å². The lowest BCUT2D eigenvalue weighted by molar-refractivity contribution is -0.0440. The largest absolute Gasteiger partial charge is 0.465 e. The van der Waals surface area contributed by atoms with E-state index in [4.69, 9.17) is 16.3 Å². The number of amides is 1. The summed E-state index contributed by atoms with van der Waals surface area (Å²) in [5.41, 5.74) is 0.125. The van der Waals surface area contributed by atoms with Crippen LogP contribution >= 0.6 is 22.9 Å². The number of thiophene rings is 1. The van der Waals surface area contributed by atoms with E-state index in [0.717, 1.165) is 11.3 Å². The smallest absolute Gasteiger partial charge is 0.348 e. The number of rotatable bonds is 5. The Morgan fingerprint density at radius 3 is 2.50 bits per heavy atom. The Kier molecular flexibility index (Phi) is 6.83. The average molecular weight is 473 g/mol. The number of carbonyl (C=O) groups is 2. The maximum atomic E-state index is 13.1. The highest BCUT2D eigenvalue weighted by atomic mass is 35.5. The van der Waals surface area contributed by atoms with E-state index in [1.807, 2.05) is 0 Å². The van der Waals surface area contributed by atoms with Gasteiger partial charge < -0.3 is 14.8 Å². The number of nitrogens with one attached hydrogen (secondary N) is 1. The molecule has 11 heteroatoms. The molecule has 1 N–H and O–H groups in total. The van der Waals surface area contributed by atoms with E-state index in [1.54, 1.807) is 19.9 Å². The maximum absolute atomic E-state index is 13.1. The zero-order valence-electron chi connectivity index (χ0n) is 16.5.